The predicted octanol–water partition coefficient (Wildman–Crippen LogP) is -1.24. The summed E-state index contributed by atoms with van der Waals surface area (Å²) in [5, 5.41) is 25.1. The highest BCUT2D eigenvalue weighted by Gasteiger charge is 2.28. The molecule has 10 heteroatoms. The maximum absolute atomic E-state index is 12.8. The number of benzene rings is 1. The molecule has 0 bridgehead atoms. The number of aliphatic hydroxyl groups is 1. The maximum atomic E-state index is 12.8. The SMILES string of the molecule is CC(NC(=O)C(Cc1ccccc1)NC(=O)C(N)C(C)C)C(=O)NC(CO)C(=O)O. The van der Waals surface area contributed by atoms with E-state index in [2.05, 4.69) is 16.0 Å². The number of carboxylic acid groups (broad SMARTS) is 1. The van der Waals surface area contributed by atoms with Gasteiger partial charge in [-0.1, -0.05) is 44.2 Å². The van der Waals surface area contributed by atoms with Gasteiger partial charge in [0.2, 0.25) is 17.7 Å². The molecule has 7 N–H and O–H groups in total. The lowest BCUT2D eigenvalue weighted by Gasteiger charge is -2.24. The van der Waals surface area contributed by atoms with Crippen LogP contribution in [0, 0.1) is 5.92 Å². The van der Waals surface area contributed by atoms with Gasteiger partial charge in [0.1, 0.15) is 18.1 Å². The molecule has 0 spiro atoms. The second kappa shape index (κ2) is 11.9. The minimum atomic E-state index is -1.49. The summed E-state index contributed by atoms with van der Waals surface area (Å²) in [5.41, 5.74) is 6.65. The lowest BCUT2D eigenvalue weighted by Crippen LogP contribution is -2.57. The fourth-order valence-electron chi connectivity index (χ4n) is 2.49. The van der Waals surface area contributed by atoms with E-state index in [1.807, 2.05) is 6.07 Å². The molecular weight excluding hydrogens is 392 g/mol. The quantitative estimate of drug-likeness (QED) is 0.259. The molecule has 0 radical (unpaired) electrons. The molecule has 4 atom stereocenters. The Morgan fingerprint density at radius 2 is 1.47 bits per heavy atom. The molecule has 0 saturated carbocycles. The van der Waals surface area contributed by atoms with Crippen LogP contribution in [-0.2, 0) is 25.6 Å². The molecule has 1 rings (SSSR count). The van der Waals surface area contributed by atoms with Gasteiger partial charge in [-0.25, -0.2) is 4.79 Å². The van der Waals surface area contributed by atoms with Crippen LogP contribution in [0.2, 0.25) is 0 Å². The second-order valence-electron chi connectivity index (χ2n) is 7.33. The van der Waals surface area contributed by atoms with Crippen molar-refractivity contribution < 1.29 is 29.4 Å². The van der Waals surface area contributed by atoms with E-state index in [0.717, 1.165) is 5.56 Å². The van der Waals surface area contributed by atoms with Crippen molar-refractivity contribution in [3.05, 3.63) is 35.9 Å². The largest absolute Gasteiger partial charge is 0.480 e. The molecule has 0 fully saturated rings. The van der Waals surface area contributed by atoms with Crippen LogP contribution in [0.5, 0.6) is 0 Å². The number of carbonyl (C=O) groups is 4. The molecule has 10 nitrogen and oxygen atoms in total. The molecule has 0 aliphatic carbocycles. The summed E-state index contributed by atoms with van der Waals surface area (Å²) >= 11 is 0. The zero-order valence-electron chi connectivity index (χ0n) is 17.3. The molecule has 166 valence electrons. The zero-order valence-corrected chi connectivity index (χ0v) is 17.3. The average Bonchev–Trinajstić information content (AvgIpc) is 2.70. The van der Waals surface area contributed by atoms with E-state index in [1.165, 1.54) is 6.92 Å². The summed E-state index contributed by atoms with van der Waals surface area (Å²) in [7, 11) is 0. The van der Waals surface area contributed by atoms with E-state index in [-0.39, 0.29) is 12.3 Å². The smallest absolute Gasteiger partial charge is 0.328 e. The van der Waals surface area contributed by atoms with Crippen molar-refractivity contribution in [1.29, 1.82) is 0 Å². The standard InChI is InChI=1S/C20H30N4O6/c1-11(2)16(21)19(28)23-14(9-13-7-5-4-6-8-13)18(27)22-12(3)17(26)24-15(10-25)20(29)30/h4-8,11-12,14-16,25H,9-10,21H2,1-3H3,(H,22,27)(H,23,28)(H,24,26)(H,29,30). The third-order valence-electron chi connectivity index (χ3n) is 4.49. The van der Waals surface area contributed by atoms with Crippen LogP contribution < -0.4 is 21.7 Å². The third kappa shape index (κ3) is 7.80. The lowest BCUT2D eigenvalue weighted by molar-refractivity contribution is -0.143. The highest BCUT2D eigenvalue weighted by atomic mass is 16.4. The molecule has 1 aromatic rings. The molecule has 0 heterocycles. The number of carboxylic acids is 1. The molecule has 0 aromatic heterocycles. The normalized spacial score (nSPS) is 14.9. The van der Waals surface area contributed by atoms with Crippen molar-refractivity contribution in [2.75, 3.05) is 6.61 Å². The molecule has 1 aromatic carbocycles. The number of nitrogens with one attached hydrogen (secondary N) is 3. The first-order valence-corrected chi connectivity index (χ1v) is 9.61. The molecule has 0 aliphatic heterocycles. The first-order chi connectivity index (χ1) is 14.1. The molecule has 4 unspecified atom stereocenters. The van der Waals surface area contributed by atoms with E-state index in [1.54, 1.807) is 38.1 Å². The van der Waals surface area contributed by atoms with Gasteiger partial charge >= 0.3 is 5.97 Å². The number of rotatable bonds is 11. The van der Waals surface area contributed by atoms with E-state index in [9.17, 15) is 19.2 Å². The number of carbonyl (C=O) groups excluding carboxylic acids is 3. The Morgan fingerprint density at radius 1 is 0.900 bits per heavy atom. The molecule has 0 aliphatic rings. The van der Waals surface area contributed by atoms with Crippen molar-refractivity contribution in [2.45, 2.75) is 51.4 Å². The Labute approximate surface area is 175 Å². The molecule has 30 heavy (non-hydrogen) atoms. The summed E-state index contributed by atoms with van der Waals surface area (Å²) in [6.07, 6.45) is 0.173. The topological polar surface area (TPSA) is 171 Å². The summed E-state index contributed by atoms with van der Waals surface area (Å²) < 4.78 is 0. The molecule has 0 saturated heterocycles. The maximum Gasteiger partial charge on any atom is 0.328 e. The van der Waals surface area contributed by atoms with Gasteiger partial charge in [0.15, 0.2) is 0 Å². The van der Waals surface area contributed by atoms with Crippen molar-refractivity contribution in [3.63, 3.8) is 0 Å². The number of hydrogen-bond donors (Lipinski definition) is 6. The number of hydrogen-bond acceptors (Lipinski definition) is 6. The van der Waals surface area contributed by atoms with Crippen LogP contribution in [0.4, 0.5) is 0 Å². The Bertz CT molecular complexity index is 740. The van der Waals surface area contributed by atoms with Gasteiger partial charge < -0.3 is 31.9 Å². The zero-order chi connectivity index (χ0) is 22.8. The number of nitrogens with two attached hydrogens (primary N) is 1. The van der Waals surface area contributed by atoms with Crippen LogP contribution in [0.15, 0.2) is 30.3 Å². The van der Waals surface area contributed by atoms with Crippen LogP contribution in [0.25, 0.3) is 0 Å². The number of amides is 3. The van der Waals surface area contributed by atoms with Crippen molar-refractivity contribution in [2.24, 2.45) is 11.7 Å². The van der Waals surface area contributed by atoms with Gasteiger partial charge in [0.25, 0.3) is 0 Å². The summed E-state index contributed by atoms with van der Waals surface area (Å²) in [4.78, 5) is 48.2. The van der Waals surface area contributed by atoms with Gasteiger partial charge in [-0.05, 0) is 18.4 Å². The third-order valence-corrected chi connectivity index (χ3v) is 4.49. The summed E-state index contributed by atoms with van der Waals surface area (Å²) in [5.74, 6) is -3.44. The van der Waals surface area contributed by atoms with E-state index < -0.39 is 54.5 Å². The first kappa shape index (κ1) is 25.1. The van der Waals surface area contributed by atoms with Crippen molar-refractivity contribution in [3.8, 4) is 0 Å². The molecular formula is C20H30N4O6. The van der Waals surface area contributed by atoms with E-state index in [0.29, 0.717) is 0 Å². The summed E-state index contributed by atoms with van der Waals surface area (Å²) in [6, 6.07) is 4.61. The Morgan fingerprint density at radius 3 is 1.97 bits per heavy atom. The van der Waals surface area contributed by atoms with E-state index >= 15 is 0 Å². The Kier molecular flexibility index (Phi) is 9.93. The number of aliphatic hydroxyl groups excluding tert-OH is 1. The Balaban J connectivity index is 2.88. The van der Waals surface area contributed by atoms with E-state index in [4.69, 9.17) is 15.9 Å². The van der Waals surface area contributed by atoms with Gasteiger partial charge in [-0.15, -0.1) is 0 Å². The first-order valence-electron chi connectivity index (χ1n) is 9.61. The fraction of sp³-hybridized carbons (Fsp3) is 0.500. The van der Waals surface area contributed by atoms with Crippen LogP contribution in [-0.4, -0.2) is 64.7 Å². The van der Waals surface area contributed by atoms with Crippen LogP contribution in [0.3, 0.4) is 0 Å². The summed E-state index contributed by atoms with van der Waals surface area (Å²) in [6.45, 7) is 4.14. The highest BCUT2D eigenvalue weighted by Crippen LogP contribution is 2.06. The monoisotopic (exact) mass is 422 g/mol. The predicted molar refractivity (Wildman–Crippen MR) is 109 cm³/mol. The second-order valence-corrected chi connectivity index (χ2v) is 7.33. The minimum Gasteiger partial charge on any atom is -0.480 e. The van der Waals surface area contributed by atoms with Gasteiger partial charge in [0.05, 0.1) is 12.6 Å². The molecule has 3 amide bonds. The highest BCUT2D eigenvalue weighted by molar-refractivity contribution is 5.94. The van der Waals surface area contributed by atoms with Crippen LogP contribution >= 0.6 is 0 Å². The van der Waals surface area contributed by atoms with Crippen molar-refractivity contribution >= 4 is 23.7 Å². The van der Waals surface area contributed by atoms with Crippen LogP contribution in [0.1, 0.15) is 26.3 Å². The average molecular weight is 422 g/mol. The van der Waals surface area contributed by atoms with Gasteiger partial charge in [-0.3, -0.25) is 14.4 Å². The Hall–Kier alpha value is -2.98. The van der Waals surface area contributed by atoms with Gasteiger partial charge in [0, 0.05) is 6.42 Å². The minimum absolute atomic E-state index is 0.137. The van der Waals surface area contributed by atoms with Crippen molar-refractivity contribution in [1.82, 2.24) is 16.0 Å². The van der Waals surface area contributed by atoms with Gasteiger partial charge in [-0.2, -0.15) is 0 Å². The lowest BCUT2D eigenvalue weighted by atomic mass is 10.0. The number of aliphatic carboxylic acids is 1. The fourth-order valence-corrected chi connectivity index (χ4v) is 2.49.